The summed E-state index contributed by atoms with van der Waals surface area (Å²) in [5, 5.41) is -0.689. The topological polar surface area (TPSA) is 66.9 Å². The van der Waals surface area contributed by atoms with Crippen molar-refractivity contribution in [1.82, 2.24) is 4.90 Å². The Morgan fingerprint density at radius 3 is 1.92 bits per heavy atom. The fourth-order valence-corrected chi connectivity index (χ4v) is 6.30. The molecule has 2 aliphatic heterocycles. The Hall–Kier alpha value is -1.81. The molecule has 3 amide bonds. The molecule has 2 aliphatic rings. The number of rotatable bonds is 4. The van der Waals surface area contributed by atoms with E-state index in [2.05, 4.69) is 31.9 Å². The molecule has 0 radical (unpaired) electrons. The Morgan fingerprint density at radius 2 is 1.38 bits per heavy atom. The zero-order valence-electron chi connectivity index (χ0n) is 18.9. The molecule has 37 heavy (non-hydrogen) atoms. The van der Waals surface area contributed by atoms with E-state index in [-0.39, 0.29) is 31.2 Å². The highest BCUT2D eigenvalue weighted by atomic mass is 79.9. The Kier molecular flexibility index (Phi) is 7.05. The van der Waals surface area contributed by atoms with Crippen molar-refractivity contribution in [1.29, 1.82) is 0 Å². The van der Waals surface area contributed by atoms with Crippen LogP contribution in [0.4, 0.5) is 5.69 Å². The van der Waals surface area contributed by atoms with Crippen LogP contribution in [-0.4, -0.2) is 35.8 Å². The van der Waals surface area contributed by atoms with Gasteiger partial charge in [-0.15, -0.1) is 0 Å². The molecule has 190 valence electrons. The number of carbonyl (C=O) groups excluding carboxylic acids is 3. The maximum atomic E-state index is 13.8. The Bertz CT molecular complexity index is 1500. The molecule has 0 bridgehead atoms. The monoisotopic (exact) mass is 704 g/mol. The van der Waals surface area contributed by atoms with Crippen LogP contribution in [0.3, 0.4) is 0 Å². The number of amides is 3. The van der Waals surface area contributed by atoms with Crippen molar-refractivity contribution >= 4 is 102 Å². The van der Waals surface area contributed by atoms with Crippen LogP contribution < -0.4 is 9.64 Å². The van der Waals surface area contributed by atoms with Gasteiger partial charge in [-0.2, -0.15) is 0 Å². The van der Waals surface area contributed by atoms with Crippen LogP contribution in [0.5, 0.6) is 5.75 Å². The van der Waals surface area contributed by atoms with Gasteiger partial charge in [0.25, 0.3) is 17.7 Å². The molecular weight excluding hydrogens is 694 g/mol. The summed E-state index contributed by atoms with van der Waals surface area (Å²) < 4.78 is 7.18. The Morgan fingerprint density at radius 1 is 0.784 bits per heavy atom. The van der Waals surface area contributed by atoms with Crippen molar-refractivity contribution < 1.29 is 19.1 Å². The first-order valence-electron chi connectivity index (χ1n) is 10.7. The molecule has 1 saturated heterocycles. The molecular formula is C25H14Br2Cl4N2O4. The number of carbonyl (C=O) groups is 3. The van der Waals surface area contributed by atoms with E-state index in [1.807, 2.05) is 19.1 Å². The van der Waals surface area contributed by atoms with E-state index in [0.29, 0.717) is 17.0 Å². The summed E-state index contributed by atoms with van der Waals surface area (Å²) in [7, 11) is 1.50. The second-order valence-electron chi connectivity index (χ2n) is 8.40. The number of benzene rings is 3. The van der Waals surface area contributed by atoms with E-state index in [9.17, 15) is 14.4 Å². The van der Waals surface area contributed by atoms with Gasteiger partial charge in [-0.1, -0.05) is 78.3 Å². The quantitative estimate of drug-likeness (QED) is 0.120. The lowest BCUT2D eigenvalue weighted by molar-refractivity contribution is -0.130. The van der Waals surface area contributed by atoms with Gasteiger partial charge >= 0.3 is 0 Å². The lowest BCUT2D eigenvalue weighted by atomic mass is 9.85. The largest absolute Gasteiger partial charge is 0.496 e. The van der Waals surface area contributed by atoms with Crippen LogP contribution in [0.25, 0.3) is 0 Å². The third kappa shape index (κ3) is 3.99. The number of ether oxygens (including phenoxy) is 1. The maximum Gasteiger partial charge on any atom is 0.264 e. The minimum atomic E-state index is -1.20. The first-order chi connectivity index (χ1) is 17.5. The number of methoxy groups -OCH3 is 1. The van der Waals surface area contributed by atoms with Crippen LogP contribution >= 0.6 is 78.3 Å². The van der Waals surface area contributed by atoms with E-state index in [0.717, 1.165) is 19.4 Å². The predicted molar refractivity (Wildman–Crippen MR) is 151 cm³/mol. The van der Waals surface area contributed by atoms with Crippen molar-refractivity contribution in [3.63, 3.8) is 0 Å². The first-order valence-corrected chi connectivity index (χ1v) is 13.8. The molecule has 5 rings (SSSR count). The van der Waals surface area contributed by atoms with E-state index >= 15 is 0 Å². The number of β-lactam (4-membered cyclic amide) rings is 1. The van der Waals surface area contributed by atoms with Crippen LogP contribution in [0, 0.1) is 6.92 Å². The molecule has 0 aliphatic carbocycles. The van der Waals surface area contributed by atoms with E-state index in [1.165, 1.54) is 12.0 Å². The highest BCUT2D eigenvalue weighted by Crippen LogP contribution is 2.50. The molecule has 6 nitrogen and oxygen atoms in total. The van der Waals surface area contributed by atoms with E-state index in [4.69, 9.17) is 51.1 Å². The van der Waals surface area contributed by atoms with Gasteiger partial charge in [0, 0.05) is 20.2 Å². The highest BCUT2D eigenvalue weighted by Gasteiger charge is 2.59. The summed E-state index contributed by atoms with van der Waals surface area (Å²) in [5.74, 6) is -1.56. The highest BCUT2D eigenvalue weighted by molar-refractivity contribution is 9.10. The summed E-state index contributed by atoms with van der Waals surface area (Å²) in [4.78, 5) is 43.4. The molecule has 3 aromatic rings. The molecule has 12 heteroatoms. The van der Waals surface area contributed by atoms with Crippen molar-refractivity contribution in [3.05, 3.63) is 87.7 Å². The number of halogens is 6. The number of imide groups is 1. The second kappa shape index (κ2) is 9.74. The summed E-state index contributed by atoms with van der Waals surface area (Å²) in [6.45, 7) is 1.89. The fourth-order valence-electron chi connectivity index (χ4n) is 4.66. The third-order valence-corrected chi connectivity index (χ3v) is 9.59. The van der Waals surface area contributed by atoms with Gasteiger partial charge in [-0.25, -0.2) is 0 Å². The smallest absolute Gasteiger partial charge is 0.264 e. The molecule has 0 N–H and O–H groups in total. The zero-order valence-corrected chi connectivity index (χ0v) is 25.1. The predicted octanol–water partition coefficient (Wildman–Crippen LogP) is 7.89. The molecule has 2 heterocycles. The summed E-state index contributed by atoms with van der Waals surface area (Å²) in [6.07, 6.45) is 0. The Labute approximate surface area is 248 Å². The Balaban J connectivity index is 1.68. The number of anilines is 1. The normalized spacial score (nSPS) is 18.9. The van der Waals surface area contributed by atoms with Gasteiger partial charge in [0.2, 0.25) is 0 Å². The summed E-state index contributed by atoms with van der Waals surface area (Å²) in [6, 6.07) is 8.77. The van der Waals surface area contributed by atoms with Crippen LogP contribution in [0.15, 0.2) is 45.3 Å². The zero-order chi connectivity index (χ0) is 26.9. The standard InChI is InChI=1S/C25H14Br2Cl4N2O4/c1-9-7-11(4-5-13(9)27)32-21(12-8-10(26)3-6-14(12)37-2)22(25(32)36)33-23(34)15-16(24(33)35)18(29)20(31)19(30)17(15)28/h3-8,21-22H,1-2H3/t21-,22+/m0/s1. The minimum Gasteiger partial charge on any atom is -0.496 e. The lowest BCUT2D eigenvalue weighted by Crippen LogP contribution is -2.67. The average molecular weight is 708 g/mol. The molecule has 0 spiro atoms. The third-order valence-electron chi connectivity index (χ3n) is 6.41. The average Bonchev–Trinajstić information content (AvgIpc) is 3.12. The SMILES string of the molecule is COc1ccc(Br)cc1[C@H]1[C@@H](N2C(=O)c3c(Cl)c(Cl)c(Cl)c(Cl)c3C2=O)C(=O)N1c1ccc(Br)c(C)c1. The van der Waals surface area contributed by atoms with E-state index < -0.39 is 29.8 Å². The van der Waals surface area contributed by atoms with Crippen LogP contribution in [-0.2, 0) is 4.79 Å². The maximum absolute atomic E-state index is 13.8. The summed E-state index contributed by atoms with van der Waals surface area (Å²) >= 11 is 31.9. The van der Waals surface area contributed by atoms with Crippen LogP contribution in [0.1, 0.15) is 37.9 Å². The van der Waals surface area contributed by atoms with Gasteiger partial charge in [0.15, 0.2) is 0 Å². The molecule has 3 aromatic carbocycles. The number of hydrogen-bond acceptors (Lipinski definition) is 4. The van der Waals surface area contributed by atoms with E-state index in [1.54, 1.807) is 24.3 Å². The van der Waals surface area contributed by atoms with Gasteiger partial charge in [-0.3, -0.25) is 19.3 Å². The number of hydrogen-bond donors (Lipinski definition) is 0. The van der Waals surface area contributed by atoms with Gasteiger partial charge in [0.05, 0.1) is 44.4 Å². The van der Waals surface area contributed by atoms with Crippen LogP contribution in [0.2, 0.25) is 20.1 Å². The molecule has 0 aromatic heterocycles. The number of nitrogens with zero attached hydrogens (tertiary/aromatic N) is 2. The fraction of sp³-hybridized carbons (Fsp3) is 0.160. The number of fused-ring (bicyclic) bond motifs is 1. The molecule has 0 saturated carbocycles. The van der Waals surface area contributed by atoms with Gasteiger partial charge in [-0.05, 0) is 48.9 Å². The van der Waals surface area contributed by atoms with Crippen molar-refractivity contribution in [2.45, 2.75) is 19.0 Å². The first kappa shape index (κ1) is 26.8. The molecule has 0 unspecified atom stereocenters. The van der Waals surface area contributed by atoms with Gasteiger partial charge in [0.1, 0.15) is 11.8 Å². The summed E-state index contributed by atoms with van der Waals surface area (Å²) in [5.41, 5.74) is 1.71. The van der Waals surface area contributed by atoms with Crippen molar-refractivity contribution in [2.24, 2.45) is 0 Å². The minimum absolute atomic E-state index is 0.146. The lowest BCUT2D eigenvalue weighted by Gasteiger charge is -2.50. The van der Waals surface area contributed by atoms with Crippen molar-refractivity contribution in [2.75, 3.05) is 12.0 Å². The second-order valence-corrected chi connectivity index (χ2v) is 11.7. The molecule has 1 fully saturated rings. The van der Waals surface area contributed by atoms with Crippen molar-refractivity contribution in [3.8, 4) is 5.75 Å². The molecule has 2 atom stereocenters. The number of aryl methyl sites for hydroxylation is 1. The van der Waals surface area contributed by atoms with Gasteiger partial charge < -0.3 is 9.64 Å².